The summed E-state index contributed by atoms with van der Waals surface area (Å²) in [5, 5.41) is 7.50. The van der Waals surface area contributed by atoms with Crippen molar-refractivity contribution in [3.63, 3.8) is 0 Å². The summed E-state index contributed by atoms with van der Waals surface area (Å²) >= 11 is 0. The number of ether oxygens (including phenoxy) is 1. The molecule has 0 bridgehead atoms. The third-order valence-electron chi connectivity index (χ3n) is 6.64. The van der Waals surface area contributed by atoms with E-state index in [9.17, 15) is 22.8 Å². The molecule has 0 fully saturated rings. The number of carbonyl (C=O) groups excluding carboxylic acids is 2. The van der Waals surface area contributed by atoms with Crippen molar-refractivity contribution >= 4 is 45.2 Å². The first-order valence-electron chi connectivity index (χ1n) is 12.5. The van der Waals surface area contributed by atoms with Gasteiger partial charge in [0.15, 0.2) is 5.69 Å². The average molecular weight is 550 g/mol. The Labute approximate surface area is 227 Å². The molecule has 2 aromatic carbocycles. The van der Waals surface area contributed by atoms with Gasteiger partial charge in [-0.25, -0.2) is 9.78 Å². The Morgan fingerprint density at radius 1 is 1.07 bits per heavy atom. The molecule has 206 valence electrons. The van der Waals surface area contributed by atoms with Crippen molar-refractivity contribution in [3.8, 4) is 0 Å². The quantitative estimate of drug-likeness (QED) is 0.202. The van der Waals surface area contributed by atoms with Crippen LogP contribution in [-0.4, -0.2) is 33.5 Å². The number of nitrogens with zero attached hydrogens (tertiary/aromatic N) is 2. The number of benzene rings is 2. The molecule has 3 aromatic heterocycles. The van der Waals surface area contributed by atoms with Crippen molar-refractivity contribution in [1.29, 1.82) is 0 Å². The van der Waals surface area contributed by atoms with Gasteiger partial charge in [0.05, 0.1) is 30.2 Å². The topological polar surface area (TPSA) is 101 Å². The highest BCUT2D eigenvalue weighted by atomic mass is 19.4. The second-order valence-electron chi connectivity index (χ2n) is 9.30. The van der Waals surface area contributed by atoms with Gasteiger partial charge in [-0.3, -0.25) is 4.79 Å². The van der Waals surface area contributed by atoms with Crippen LogP contribution in [-0.2, 0) is 35.2 Å². The van der Waals surface area contributed by atoms with Gasteiger partial charge < -0.3 is 24.9 Å². The van der Waals surface area contributed by atoms with Gasteiger partial charge in [-0.1, -0.05) is 30.3 Å². The van der Waals surface area contributed by atoms with Crippen molar-refractivity contribution in [1.82, 2.24) is 14.5 Å². The first-order valence-corrected chi connectivity index (χ1v) is 12.5. The van der Waals surface area contributed by atoms with E-state index in [-0.39, 0.29) is 23.8 Å². The maximum Gasteiger partial charge on any atom is 0.416 e. The van der Waals surface area contributed by atoms with Crippen LogP contribution in [0.5, 0.6) is 0 Å². The van der Waals surface area contributed by atoms with E-state index in [0.717, 1.165) is 28.6 Å². The number of anilines is 2. The monoisotopic (exact) mass is 549 g/mol. The smallest absolute Gasteiger partial charge is 0.416 e. The highest BCUT2D eigenvalue weighted by Crippen LogP contribution is 2.34. The first kappa shape index (κ1) is 26.8. The number of aromatic amines is 1. The van der Waals surface area contributed by atoms with E-state index in [4.69, 9.17) is 4.74 Å². The predicted molar refractivity (Wildman–Crippen MR) is 146 cm³/mol. The van der Waals surface area contributed by atoms with Crippen molar-refractivity contribution in [2.24, 2.45) is 0 Å². The van der Waals surface area contributed by atoms with Crippen LogP contribution in [0.3, 0.4) is 0 Å². The van der Waals surface area contributed by atoms with E-state index in [0.29, 0.717) is 35.2 Å². The number of alkyl halides is 3. The van der Waals surface area contributed by atoms with Gasteiger partial charge >= 0.3 is 12.1 Å². The molecule has 1 amide bonds. The number of halogens is 3. The van der Waals surface area contributed by atoms with Gasteiger partial charge in [-0.15, -0.1) is 0 Å². The van der Waals surface area contributed by atoms with Crippen molar-refractivity contribution in [2.75, 3.05) is 17.7 Å². The van der Waals surface area contributed by atoms with Gasteiger partial charge in [-0.05, 0) is 41.8 Å². The Morgan fingerprint density at radius 2 is 1.82 bits per heavy atom. The minimum Gasteiger partial charge on any atom is -0.464 e. The molecule has 0 spiro atoms. The fourth-order valence-corrected chi connectivity index (χ4v) is 4.74. The molecule has 0 saturated heterocycles. The second kappa shape index (κ2) is 10.8. The van der Waals surface area contributed by atoms with Gasteiger partial charge in [0.2, 0.25) is 5.91 Å². The Balaban J connectivity index is 1.49. The SMILES string of the molecule is COC(=O)c1c(NC(C)=O)c2cc(NCc3ccc(C(F)(F)F)cc3)cnc2n1CCc1c[nH]c2ccccc12. The van der Waals surface area contributed by atoms with Gasteiger partial charge in [0, 0.05) is 42.5 Å². The summed E-state index contributed by atoms with van der Waals surface area (Å²) in [4.78, 5) is 32.9. The van der Waals surface area contributed by atoms with Gasteiger partial charge in [0.1, 0.15) is 5.65 Å². The standard InChI is InChI=1S/C29H26F3N5O3/c1-17(38)36-25-23-13-21(33-14-18-7-9-20(10-8-18)29(30,31)32)16-35-27(23)37(26(25)28(39)40-2)12-11-19-15-34-24-6-4-3-5-22(19)24/h3-10,13,15-16,33-34H,11-12,14H2,1-2H3,(H,36,38). The molecule has 0 radical (unpaired) electrons. The number of para-hydroxylation sites is 1. The van der Waals surface area contributed by atoms with Crippen LogP contribution in [0.2, 0.25) is 0 Å². The largest absolute Gasteiger partial charge is 0.464 e. The Hall–Kier alpha value is -4.80. The summed E-state index contributed by atoms with van der Waals surface area (Å²) in [5.41, 5.74) is 3.46. The Kier molecular flexibility index (Phi) is 7.20. The van der Waals surface area contributed by atoms with E-state index in [1.54, 1.807) is 16.8 Å². The molecular weight excluding hydrogens is 523 g/mol. The number of carbonyl (C=O) groups is 2. The number of H-pyrrole nitrogens is 1. The van der Waals surface area contributed by atoms with Gasteiger partial charge in [0.25, 0.3) is 0 Å². The second-order valence-corrected chi connectivity index (χ2v) is 9.30. The van der Waals surface area contributed by atoms with Crippen LogP contribution in [0.1, 0.15) is 34.1 Å². The molecule has 0 unspecified atom stereocenters. The van der Waals surface area contributed by atoms with Crippen LogP contribution in [0.4, 0.5) is 24.5 Å². The maximum absolute atomic E-state index is 12.9. The first-order chi connectivity index (χ1) is 19.2. The number of hydrogen-bond donors (Lipinski definition) is 3. The molecule has 40 heavy (non-hydrogen) atoms. The molecule has 0 aliphatic rings. The summed E-state index contributed by atoms with van der Waals surface area (Å²) in [6.07, 6.45) is -0.320. The van der Waals surface area contributed by atoms with Crippen LogP contribution >= 0.6 is 0 Å². The Bertz CT molecular complexity index is 1700. The van der Waals surface area contributed by atoms with Crippen molar-refractivity contribution in [2.45, 2.75) is 32.6 Å². The zero-order valence-corrected chi connectivity index (χ0v) is 21.7. The molecule has 0 atom stereocenters. The highest BCUT2D eigenvalue weighted by Gasteiger charge is 2.30. The van der Waals surface area contributed by atoms with E-state index < -0.39 is 17.7 Å². The molecule has 8 nitrogen and oxygen atoms in total. The number of hydrogen-bond acceptors (Lipinski definition) is 5. The molecule has 5 aromatic rings. The van der Waals surface area contributed by atoms with Crippen LogP contribution in [0.25, 0.3) is 21.9 Å². The predicted octanol–water partition coefficient (Wildman–Crippen LogP) is 6.14. The number of esters is 1. The minimum atomic E-state index is -4.40. The van der Waals surface area contributed by atoms with Crippen molar-refractivity contribution in [3.05, 3.63) is 89.4 Å². The number of fused-ring (bicyclic) bond motifs is 2. The lowest BCUT2D eigenvalue weighted by atomic mass is 10.1. The number of pyridine rings is 1. The summed E-state index contributed by atoms with van der Waals surface area (Å²) in [5.74, 6) is -0.996. The summed E-state index contributed by atoms with van der Waals surface area (Å²) in [6, 6.07) is 14.5. The molecule has 0 aliphatic heterocycles. The van der Waals surface area contributed by atoms with Crippen LogP contribution < -0.4 is 10.6 Å². The third-order valence-corrected chi connectivity index (χ3v) is 6.64. The normalized spacial score (nSPS) is 11.6. The van der Waals surface area contributed by atoms with Crippen LogP contribution in [0.15, 0.2) is 67.0 Å². The molecule has 3 N–H and O–H groups in total. The summed E-state index contributed by atoms with van der Waals surface area (Å²) < 4.78 is 45.4. The minimum absolute atomic E-state index is 0.167. The molecule has 11 heteroatoms. The van der Waals surface area contributed by atoms with E-state index in [1.165, 1.54) is 26.2 Å². The summed E-state index contributed by atoms with van der Waals surface area (Å²) in [6.45, 7) is 1.97. The number of nitrogens with one attached hydrogen (secondary N) is 3. The van der Waals surface area contributed by atoms with Gasteiger partial charge in [-0.2, -0.15) is 13.2 Å². The lowest BCUT2D eigenvalue weighted by Gasteiger charge is -2.10. The fraction of sp³-hybridized carbons (Fsp3) is 0.207. The zero-order chi connectivity index (χ0) is 28.4. The summed E-state index contributed by atoms with van der Waals surface area (Å²) in [7, 11) is 1.27. The average Bonchev–Trinajstić information content (AvgIpc) is 3.48. The van der Waals surface area contributed by atoms with E-state index in [1.807, 2.05) is 30.5 Å². The number of methoxy groups -OCH3 is 1. The number of amides is 1. The molecule has 3 heterocycles. The van der Waals surface area contributed by atoms with E-state index >= 15 is 0 Å². The highest BCUT2D eigenvalue weighted by molar-refractivity contribution is 6.11. The van der Waals surface area contributed by atoms with Crippen LogP contribution in [0, 0.1) is 0 Å². The maximum atomic E-state index is 12.9. The molecule has 0 aliphatic carbocycles. The molecule has 5 rings (SSSR count). The van der Waals surface area contributed by atoms with Crippen molar-refractivity contribution < 1.29 is 27.5 Å². The fourth-order valence-electron chi connectivity index (χ4n) is 4.74. The molecular formula is C29H26F3N5O3. The third kappa shape index (κ3) is 5.35. The Morgan fingerprint density at radius 3 is 2.52 bits per heavy atom. The van der Waals surface area contributed by atoms with E-state index in [2.05, 4.69) is 20.6 Å². The zero-order valence-electron chi connectivity index (χ0n) is 21.7. The number of rotatable bonds is 8. The number of aryl methyl sites for hydroxylation is 2. The number of aromatic nitrogens is 3. The molecule has 0 saturated carbocycles. The lowest BCUT2D eigenvalue weighted by molar-refractivity contribution is -0.137. The lowest BCUT2D eigenvalue weighted by Crippen LogP contribution is -2.16.